The standard InChI is InChI=1S/C23H19N5OS/c1-13-5-16(15(3)28(13)23-19(11-25)6-14(2)30-23)7-18(10-24)20-8-17-9-22(29-4)26-12-21(17)27-20/h5-9,12,27H,1-4H3/b18-7+. The average Bonchev–Trinajstić information content (AvgIpc) is 3.40. The summed E-state index contributed by atoms with van der Waals surface area (Å²) in [6.45, 7) is 6.01. The van der Waals surface area contributed by atoms with Gasteiger partial charge in [-0.25, -0.2) is 4.98 Å². The van der Waals surface area contributed by atoms with Gasteiger partial charge in [0.1, 0.15) is 17.1 Å². The van der Waals surface area contributed by atoms with E-state index in [0.717, 1.165) is 43.4 Å². The molecule has 4 rings (SSSR count). The highest BCUT2D eigenvalue weighted by Crippen LogP contribution is 2.32. The van der Waals surface area contributed by atoms with Gasteiger partial charge in [0.2, 0.25) is 5.88 Å². The smallest absolute Gasteiger partial charge is 0.213 e. The molecule has 6 nitrogen and oxygen atoms in total. The van der Waals surface area contributed by atoms with E-state index in [1.807, 2.05) is 51.1 Å². The minimum absolute atomic E-state index is 0.522. The third kappa shape index (κ3) is 3.26. The molecule has 0 aromatic carbocycles. The van der Waals surface area contributed by atoms with Crippen LogP contribution in [0.25, 0.3) is 27.6 Å². The first-order chi connectivity index (χ1) is 14.4. The molecule has 0 bridgehead atoms. The van der Waals surface area contributed by atoms with E-state index >= 15 is 0 Å². The molecule has 148 valence electrons. The van der Waals surface area contributed by atoms with E-state index in [1.54, 1.807) is 24.6 Å². The summed E-state index contributed by atoms with van der Waals surface area (Å²) < 4.78 is 7.26. The highest BCUT2D eigenvalue weighted by atomic mass is 32.1. The summed E-state index contributed by atoms with van der Waals surface area (Å²) in [5.74, 6) is 0.527. The number of hydrogen-bond donors (Lipinski definition) is 1. The number of aromatic nitrogens is 3. The number of rotatable bonds is 4. The molecule has 7 heteroatoms. The Morgan fingerprint density at radius 3 is 2.70 bits per heavy atom. The second-order valence-corrected chi connectivity index (χ2v) is 8.25. The Balaban J connectivity index is 1.81. The van der Waals surface area contributed by atoms with Gasteiger partial charge in [-0.2, -0.15) is 10.5 Å². The van der Waals surface area contributed by atoms with Crippen molar-refractivity contribution in [2.45, 2.75) is 20.8 Å². The summed E-state index contributed by atoms with van der Waals surface area (Å²) in [6, 6.07) is 12.3. The van der Waals surface area contributed by atoms with Crippen molar-refractivity contribution in [2.75, 3.05) is 7.11 Å². The summed E-state index contributed by atoms with van der Waals surface area (Å²) in [6.07, 6.45) is 3.57. The van der Waals surface area contributed by atoms with Gasteiger partial charge in [-0.3, -0.25) is 0 Å². The zero-order chi connectivity index (χ0) is 21.4. The molecule has 0 aliphatic heterocycles. The maximum atomic E-state index is 9.81. The fraction of sp³-hybridized carbons (Fsp3) is 0.174. The van der Waals surface area contributed by atoms with Gasteiger partial charge >= 0.3 is 0 Å². The monoisotopic (exact) mass is 413 g/mol. The second kappa shape index (κ2) is 7.55. The van der Waals surface area contributed by atoms with Crippen molar-refractivity contribution in [1.29, 1.82) is 10.5 Å². The lowest BCUT2D eigenvalue weighted by Gasteiger charge is -2.07. The lowest BCUT2D eigenvalue weighted by molar-refractivity contribution is 0.399. The largest absolute Gasteiger partial charge is 0.481 e. The van der Waals surface area contributed by atoms with Crippen molar-refractivity contribution in [1.82, 2.24) is 14.5 Å². The predicted molar refractivity (Wildman–Crippen MR) is 119 cm³/mol. The van der Waals surface area contributed by atoms with Crippen molar-refractivity contribution in [3.8, 4) is 23.0 Å². The molecule has 0 saturated carbocycles. The molecule has 4 aromatic rings. The highest BCUT2D eigenvalue weighted by Gasteiger charge is 2.16. The SMILES string of the molecule is COc1cc2cc(/C(C#N)=C/c3cc(C)n(-c4sc(C)cc4C#N)c3C)[nH]c2cn1. The van der Waals surface area contributed by atoms with Gasteiger partial charge < -0.3 is 14.3 Å². The van der Waals surface area contributed by atoms with Crippen LogP contribution >= 0.6 is 11.3 Å². The van der Waals surface area contributed by atoms with Crippen LogP contribution in [0.2, 0.25) is 0 Å². The number of thiophene rings is 1. The Morgan fingerprint density at radius 1 is 1.20 bits per heavy atom. The molecule has 30 heavy (non-hydrogen) atoms. The van der Waals surface area contributed by atoms with Gasteiger partial charge in [-0.05, 0) is 50.6 Å². The zero-order valence-electron chi connectivity index (χ0n) is 17.1. The van der Waals surface area contributed by atoms with Crippen LogP contribution in [0.5, 0.6) is 5.88 Å². The van der Waals surface area contributed by atoms with E-state index < -0.39 is 0 Å². The quantitative estimate of drug-likeness (QED) is 0.461. The molecule has 0 radical (unpaired) electrons. The van der Waals surface area contributed by atoms with Gasteiger partial charge in [0.15, 0.2) is 0 Å². The summed E-state index contributed by atoms with van der Waals surface area (Å²) >= 11 is 1.59. The Labute approximate surface area is 178 Å². The summed E-state index contributed by atoms with van der Waals surface area (Å²) in [7, 11) is 1.57. The number of aryl methyl sites for hydroxylation is 2. The van der Waals surface area contributed by atoms with Crippen LogP contribution in [0.1, 0.15) is 33.1 Å². The lowest BCUT2D eigenvalue weighted by Crippen LogP contribution is -1.98. The number of nitrogens with one attached hydrogen (secondary N) is 1. The number of allylic oxidation sites excluding steroid dienone is 1. The van der Waals surface area contributed by atoms with Gasteiger partial charge in [0, 0.05) is 27.7 Å². The Hall–Kier alpha value is -3.81. The molecule has 0 spiro atoms. The normalized spacial score (nSPS) is 11.5. The van der Waals surface area contributed by atoms with Crippen LogP contribution in [0.4, 0.5) is 0 Å². The first-order valence-electron chi connectivity index (χ1n) is 9.30. The minimum Gasteiger partial charge on any atom is -0.481 e. The maximum absolute atomic E-state index is 9.81. The predicted octanol–water partition coefficient (Wildman–Crippen LogP) is 5.28. The van der Waals surface area contributed by atoms with Gasteiger partial charge in [-0.15, -0.1) is 11.3 Å². The van der Waals surface area contributed by atoms with E-state index in [2.05, 4.69) is 26.7 Å². The van der Waals surface area contributed by atoms with E-state index in [-0.39, 0.29) is 0 Å². The van der Waals surface area contributed by atoms with Crippen molar-refractivity contribution >= 4 is 33.9 Å². The molecule has 0 unspecified atom stereocenters. The number of nitrogens with zero attached hydrogens (tertiary/aromatic N) is 4. The van der Waals surface area contributed by atoms with Crippen LogP contribution in [0.15, 0.2) is 30.5 Å². The number of fused-ring (bicyclic) bond motifs is 1. The fourth-order valence-corrected chi connectivity index (χ4v) is 4.66. The number of H-pyrrole nitrogens is 1. The summed E-state index contributed by atoms with van der Waals surface area (Å²) in [5.41, 5.74) is 5.68. The Bertz CT molecular complexity index is 1390. The first kappa shape index (κ1) is 19.5. The molecular weight excluding hydrogens is 394 g/mol. The minimum atomic E-state index is 0.522. The molecule has 0 amide bonds. The number of ether oxygens (including phenoxy) is 1. The second-order valence-electron chi connectivity index (χ2n) is 7.02. The number of hydrogen-bond acceptors (Lipinski definition) is 5. The van der Waals surface area contributed by atoms with Gasteiger partial charge in [-0.1, -0.05) is 0 Å². The Kier molecular flexibility index (Phi) is 4.91. The summed E-state index contributed by atoms with van der Waals surface area (Å²) in [4.78, 5) is 8.55. The molecule has 0 fully saturated rings. The van der Waals surface area contributed by atoms with E-state index in [0.29, 0.717) is 17.0 Å². The molecule has 1 N–H and O–H groups in total. The van der Waals surface area contributed by atoms with Crippen molar-refractivity contribution in [3.05, 3.63) is 63.5 Å². The van der Waals surface area contributed by atoms with Crippen LogP contribution in [0.3, 0.4) is 0 Å². The topological polar surface area (TPSA) is 90.4 Å². The van der Waals surface area contributed by atoms with Crippen LogP contribution < -0.4 is 4.74 Å². The maximum Gasteiger partial charge on any atom is 0.213 e. The van der Waals surface area contributed by atoms with Crippen molar-refractivity contribution in [2.24, 2.45) is 0 Å². The number of pyridine rings is 1. The number of aromatic amines is 1. The molecular formula is C23H19N5OS. The van der Waals surface area contributed by atoms with Crippen LogP contribution in [0, 0.1) is 43.4 Å². The highest BCUT2D eigenvalue weighted by molar-refractivity contribution is 7.14. The number of methoxy groups -OCH3 is 1. The van der Waals surface area contributed by atoms with Crippen LogP contribution in [-0.4, -0.2) is 21.6 Å². The van der Waals surface area contributed by atoms with Crippen molar-refractivity contribution < 1.29 is 4.74 Å². The molecule has 0 aliphatic rings. The number of nitriles is 2. The summed E-state index contributed by atoms with van der Waals surface area (Å²) in [5, 5.41) is 21.1. The molecule has 4 aromatic heterocycles. The first-order valence-corrected chi connectivity index (χ1v) is 10.1. The zero-order valence-corrected chi connectivity index (χ0v) is 17.9. The molecule has 0 saturated heterocycles. The van der Waals surface area contributed by atoms with Crippen molar-refractivity contribution in [3.63, 3.8) is 0 Å². The fourth-order valence-electron chi connectivity index (χ4n) is 3.59. The molecule has 0 atom stereocenters. The van der Waals surface area contributed by atoms with E-state index in [1.165, 1.54) is 0 Å². The Morgan fingerprint density at radius 2 is 2.00 bits per heavy atom. The van der Waals surface area contributed by atoms with Gasteiger partial charge in [0.05, 0.1) is 35.7 Å². The lowest BCUT2D eigenvalue weighted by atomic mass is 10.1. The molecule has 4 heterocycles. The third-order valence-electron chi connectivity index (χ3n) is 5.03. The third-order valence-corrected chi connectivity index (χ3v) is 6.06. The molecule has 0 aliphatic carbocycles. The van der Waals surface area contributed by atoms with E-state index in [9.17, 15) is 10.5 Å². The van der Waals surface area contributed by atoms with Gasteiger partial charge in [0.25, 0.3) is 0 Å². The van der Waals surface area contributed by atoms with E-state index in [4.69, 9.17) is 4.74 Å². The average molecular weight is 414 g/mol. The van der Waals surface area contributed by atoms with Crippen LogP contribution in [-0.2, 0) is 0 Å².